The molecule has 1 aliphatic heterocycles. The van der Waals surface area contributed by atoms with Gasteiger partial charge in [0, 0.05) is 5.57 Å². The molecule has 0 atom stereocenters. The molecule has 3 rings (SSSR count). The fourth-order valence-corrected chi connectivity index (χ4v) is 4.00. The van der Waals surface area contributed by atoms with Crippen LogP contribution in [0.3, 0.4) is 0 Å². The number of halogens is 3. The van der Waals surface area contributed by atoms with E-state index in [0.29, 0.717) is 36.4 Å². The molecule has 0 aliphatic carbocycles. The highest BCUT2D eigenvalue weighted by atomic mass is 79.9. The second-order valence-corrected chi connectivity index (χ2v) is 7.87. The average molecular weight is 545 g/mol. The first-order chi connectivity index (χ1) is 12.3. The van der Waals surface area contributed by atoms with E-state index in [0.717, 1.165) is 0 Å². The predicted molar refractivity (Wildman–Crippen MR) is 106 cm³/mol. The van der Waals surface area contributed by atoms with Crippen molar-refractivity contribution in [2.75, 3.05) is 0 Å². The van der Waals surface area contributed by atoms with Crippen LogP contribution in [-0.4, -0.2) is 22.5 Å². The number of carbonyl (C=O) groups excluding carboxylic acids is 2. The summed E-state index contributed by atoms with van der Waals surface area (Å²) in [5.74, 6) is -0.481. The van der Waals surface area contributed by atoms with Crippen molar-refractivity contribution in [3.05, 3.63) is 66.2 Å². The monoisotopic (exact) mass is 542 g/mol. The van der Waals surface area contributed by atoms with Crippen LogP contribution in [0.4, 0.5) is 0 Å². The van der Waals surface area contributed by atoms with Crippen LogP contribution in [0.5, 0.6) is 11.5 Å². The summed E-state index contributed by atoms with van der Waals surface area (Å²) in [7, 11) is 0. The minimum Gasteiger partial charge on any atom is -0.507 e. The quantitative estimate of drug-likeness (QED) is 0.325. The molecule has 0 unspecified atom stereocenters. The van der Waals surface area contributed by atoms with Crippen LogP contribution < -0.4 is 0 Å². The summed E-state index contributed by atoms with van der Waals surface area (Å²) in [6.07, 6.45) is 2.03. The average Bonchev–Trinajstić information content (AvgIpc) is 2.90. The summed E-state index contributed by atoms with van der Waals surface area (Å²) in [6, 6.07) is 7.95. The summed E-state index contributed by atoms with van der Waals surface area (Å²) >= 11 is 9.69. The van der Waals surface area contributed by atoms with Gasteiger partial charge < -0.3 is 14.9 Å². The Bertz CT molecular complexity index is 985. The molecule has 1 aliphatic rings. The molecule has 132 valence electrons. The number of aromatic hydroxyl groups is 2. The second-order valence-electron chi connectivity index (χ2n) is 5.30. The first kappa shape index (κ1) is 18.9. The molecule has 2 N–H and O–H groups in total. The second kappa shape index (κ2) is 7.38. The molecule has 2 aromatic rings. The first-order valence-electron chi connectivity index (χ1n) is 7.12. The van der Waals surface area contributed by atoms with Gasteiger partial charge in [0.25, 0.3) is 0 Å². The summed E-state index contributed by atoms with van der Waals surface area (Å²) in [5.41, 5.74) is 1.37. The smallest absolute Gasteiger partial charge is 0.347 e. The zero-order chi connectivity index (χ0) is 19.0. The fourth-order valence-electron chi connectivity index (χ4n) is 2.42. The molecule has 0 bridgehead atoms. The Balaban J connectivity index is 2.19. The number of hydrogen-bond acceptors (Lipinski definition) is 5. The van der Waals surface area contributed by atoms with Gasteiger partial charge >= 0.3 is 5.97 Å². The maximum Gasteiger partial charge on any atom is 0.347 e. The molecule has 0 fully saturated rings. The molecule has 0 saturated carbocycles. The van der Waals surface area contributed by atoms with Gasteiger partial charge in [0.05, 0.1) is 13.4 Å². The Morgan fingerprint density at radius 2 is 1.62 bits per heavy atom. The molecule has 1 heterocycles. The molecule has 0 aromatic heterocycles. The molecule has 0 saturated heterocycles. The van der Waals surface area contributed by atoms with Crippen LogP contribution in [0.15, 0.2) is 55.1 Å². The third-order valence-corrected chi connectivity index (χ3v) is 5.48. The van der Waals surface area contributed by atoms with E-state index in [1.54, 1.807) is 30.3 Å². The molecule has 0 amide bonds. The number of carbonyl (C=O) groups is 2. The highest BCUT2D eigenvalue weighted by Crippen LogP contribution is 2.41. The van der Waals surface area contributed by atoms with E-state index in [-0.39, 0.29) is 22.8 Å². The number of rotatable bonds is 3. The first-order valence-corrected chi connectivity index (χ1v) is 9.50. The number of esters is 1. The van der Waals surface area contributed by atoms with Gasteiger partial charge in [-0.3, -0.25) is 4.79 Å². The van der Waals surface area contributed by atoms with Crippen molar-refractivity contribution in [1.29, 1.82) is 0 Å². The number of aldehydes is 1. The third-order valence-electron chi connectivity index (χ3n) is 3.63. The lowest BCUT2D eigenvalue weighted by molar-refractivity contribution is -0.133. The van der Waals surface area contributed by atoms with Gasteiger partial charge in [0.1, 0.15) is 22.8 Å². The third kappa shape index (κ3) is 3.49. The largest absolute Gasteiger partial charge is 0.507 e. The summed E-state index contributed by atoms with van der Waals surface area (Å²) in [5, 5.41) is 19.5. The van der Waals surface area contributed by atoms with E-state index >= 15 is 0 Å². The summed E-state index contributed by atoms with van der Waals surface area (Å²) in [6.45, 7) is 0. The number of hydrogen-bond donors (Lipinski definition) is 2. The highest BCUT2D eigenvalue weighted by molar-refractivity contribution is 9.11. The van der Waals surface area contributed by atoms with Gasteiger partial charge in [-0.15, -0.1) is 0 Å². The van der Waals surface area contributed by atoms with Crippen LogP contribution in [0.1, 0.15) is 11.1 Å². The lowest BCUT2D eigenvalue weighted by Gasteiger charge is -2.09. The van der Waals surface area contributed by atoms with Crippen molar-refractivity contribution in [2.24, 2.45) is 0 Å². The standard InChI is InChI=1S/C18H9Br3O5/c19-11-3-8(1-2-14(11)23)4-15-16(10(7-22)18(25)26-15)9-5-12(20)17(24)13(21)6-9/h1-7,23-24H/b15-4-. The normalized spacial score (nSPS) is 15.5. The molecule has 5 nitrogen and oxygen atoms in total. The Kier molecular flexibility index (Phi) is 5.36. The number of phenols is 2. The highest BCUT2D eigenvalue weighted by Gasteiger charge is 2.31. The van der Waals surface area contributed by atoms with Gasteiger partial charge in [-0.25, -0.2) is 4.79 Å². The van der Waals surface area contributed by atoms with Gasteiger partial charge in [0.15, 0.2) is 6.29 Å². The number of allylic oxidation sites excluding steroid dienone is 1. The molecular weight excluding hydrogens is 536 g/mol. The van der Waals surface area contributed by atoms with E-state index in [1.807, 2.05) is 0 Å². The van der Waals surface area contributed by atoms with Gasteiger partial charge in [-0.2, -0.15) is 0 Å². The molecule has 8 heteroatoms. The lowest BCUT2D eigenvalue weighted by Crippen LogP contribution is -1.99. The van der Waals surface area contributed by atoms with Crippen LogP contribution in [0.2, 0.25) is 0 Å². The van der Waals surface area contributed by atoms with Crippen LogP contribution in [0.25, 0.3) is 11.6 Å². The van der Waals surface area contributed by atoms with Crippen molar-refractivity contribution in [3.8, 4) is 11.5 Å². The number of cyclic esters (lactones) is 1. The van der Waals surface area contributed by atoms with E-state index in [4.69, 9.17) is 4.74 Å². The van der Waals surface area contributed by atoms with E-state index in [1.165, 1.54) is 6.07 Å². The summed E-state index contributed by atoms with van der Waals surface area (Å²) < 4.78 is 6.53. The van der Waals surface area contributed by atoms with Gasteiger partial charge in [0.2, 0.25) is 0 Å². The van der Waals surface area contributed by atoms with Crippen LogP contribution in [-0.2, 0) is 14.3 Å². The minimum absolute atomic E-state index is 0.000222. The fraction of sp³-hybridized carbons (Fsp3) is 0. The molecular formula is C18H9Br3O5. The number of benzene rings is 2. The van der Waals surface area contributed by atoms with Gasteiger partial charge in [-0.1, -0.05) is 6.07 Å². The van der Waals surface area contributed by atoms with Crippen LogP contribution in [0, 0.1) is 0 Å². The van der Waals surface area contributed by atoms with E-state index < -0.39 is 5.97 Å². The molecule has 0 radical (unpaired) electrons. The zero-order valence-corrected chi connectivity index (χ0v) is 17.6. The van der Waals surface area contributed by atoms with Crippen molar-refractivity contribution < 1.29 is 24.5 Å². The topological polar surface area (TPSA) is 83.8 Å². The van der Waals surface area contributed by atoms with Gasteiger partial charge in [-0.05, 0) is 89.3 Å². The maximum atomic E-state index is 12.1. The molecule has 0 spiro atoms. The Morgan fingerprint density at radius 3 is 2.19 bits per heavy atom. The van der Waals surface area contributed by atoms with Crippen molar-refractivity contribution in [3.63, 3.8) is 0 Å². The Hall–Kier alpha value is -1.90. The Morgan fingerprint density at radius 1 is 0.962 bits per heavy atom. The Labute approximate surface area is 173 Å². The lowest BCUT2D eigenvalue weighted by atomic mass is 9.99. The molecule has 2 aromatic carbocycles. The van der Waals surface area contributed by atoms with Crippen molar-refractivity contribution in [2.45, 2.75) is 0 Å². The van der Waals surface area contributed by atoms with Crippen molar-refractivity contribution in [1.82, 2.24) is 0 Å². The number of ether oxygens (including phenoxy) is 1. The maximum absolute atomic E-state index is 12.1. The van der Waals surface area contributed by atoms with Crippen LogP contribution >= 0.6 is 47.8 Å². The summed E-state index contributed by atoms with van der Waals surface area (Å²) in [4.78, 5) is 23.5. The molecule has 26 heavy (non-hydrogen) atoms. The minimum atomic E-state index is -0.751. The van der Waals surface area contributed by atoms with E-state index in [2.05, 4.69) is 47.8 Å². The zero-order valence-electron chi connectivity index (χ0n) is 12.8. The predicted octanol–water partition coefficient (Wildman–Crippen LogP) is 4.94. The van der Waals surface area contributed by atoms with E-state index in [9.17, 15) is 19.8 Å². The van der Waals surface area contributed by atoms with Crippen molar-refractivity contribution >= 4 is 71.7 Å². The number of phenolic OH excluding ortho intramolecular Hbond substituents is 2. The SMILES string of the molecule is O=CC1=C(c2cc(Br)c(O)c(Br)c2)/C(=C/c2ccc(O)c(Br)c2)OC1=O.